The Morgan fingerprint density at radius 1 is 1.02 bits per heavy atom. The maximum atomic E-state index is 13.2. The Hall–Kier alpha value is -4.08. The lowest BCUT2D eigenvalue weighted by atomic mass is 9.88. The number of amides is 2. The Kier molecular flexibility index (Phi) is 8.52. The Bertz CT molecular complexity index is 1480. The van der Waals surface area contributed by atoms with Crippen molar-refractivity contribution < 1.29 is 14.3 Å². The van der Waals surface area contributed by atoms with Crippen molar-refractivity contribution in [3.8, 4) is 0 Å². The number of nitrogens with zero attached hydrogens (tertiary/aromatic N) is 4. The van der Waals surface area contributed by atoms with E-state index in [0.29, 0.717) is 16.2 Å². The van der Waals surface area contributed by atoms with Crippen molar-refractivity contribution in [3.63, 3.8) is 0 Å². The lowest BCUT2D eigenvalue weighted by Crippen LogP contribution is -2.43. The van der Waals surface area contributed by atoms with E-state index >= 15 is 0 Å². The van der Waals surface area contributed by atoms with Gasteiger partial charge in [0.1, 0.15) is 11.3 Å². The van der Waals surface area contributed by atoms with Crippen LogP contribution in [0.2, 0.25) is 5.02 Å². The van der Waals surface area contributed by atoms with Crippen molar-refractivity contribution in [2.45, 2.75) is 30.9 Å². The number of benzene rings is 2. The van der Waals surface area contributed by atoms with Crippen LogP contribution in [0.5, 0.6) is 0 Å². The van der Waals surface area contributed by atoms with Crippen molar-refractivity contribution in [2.24, 2.45) is 0 Å². The molecule has 1 saturated heterocycles. The number of hydrogen-bond donors (Lipinski definition) is 2. The summed E-state index contributed by atoms with van der Waals surface area (Å²) in [5, 5.41) is 6.22. The van der Waals surface area contributed by atoms with Gasteiger partial charge < -0.3 is 20.3 Å². The smallest absolute Gasteiger partial charge is 0.251 e. The average Bonchev–Trinajstić information content (AvgIpc) is 3.00. The largest absolute Gasteiger partial charge is 0.380 e. The summed E-state index contributed by atoms with van der Waals surface area (Å²) in [4.78, 5) is 40.9. The van der Waals surface area contributed by atoms with Gasteiger partial charge in [0.05, 0.1) is 18.6 Å². The SMILES string of the molecule is CNC(=O)CC(NC(=O)c1ccc(C2CC(OC)CN(c3ccc4nccnc4n3)C2)cc1)c1ccc(Cl)cc1. The van der Waals surface area contributed by atoms with Gasteiger partial charge in [-0.3, -0.25) is 14.6 Å². The highest BCUT2D eigenvalue weighted by Crippen LogP contribution is 2.31. The van der Waals surface area contributed by atoms with Crippen LogP contribution in [0.3, 0.4) is 0 Å². The number of hydrogen-bond acceptors (Lipinski definition) is 7. The summed E-state index contributed by atoms with van der Waals surface area (Å²) >= 11 is 6.03. The molecule has 3 unspecified atom stereocenters. The van der Waals surface area contributed by atoms with Gasteiger partial charge in [0.2, 0.25) is 5.91 Å². The number of nitrogens with one attached hydrogen (secondary N) is 2. The van der Waals surface area contributed by atoms with Gasteiger partial charge in [0.25, 0.3) is 5.91 Å². The molecule has 10 heteroatoms. The van der Waals surface area contributed by atoms with Crippen LogP contribution in [0.4, 0.5) is 5.82 Å². The summed E-state index contributed by atoms with van der Waals surface area (Å²) in [5.74, 6) is 0.598. The predicted molar refractivity (Wildman–Crippen MR) is 154 cm³/mol. The van der Waals surface area contributed by atoms with E-state index in [0.717, 1.165) is 42.0 Å². The second-order valence-electron chi connectivity index (χ2n) is 9.84. The van der Waals surface area contributed by atoms with Crippen LogP contribution >= 0.6 is 11.6 Å². The second-order valence-corrected chi connectivity index (χ2v) is 10.3. The standard InChI is InChI=1S/C30H31ClN6O3/c1-32-28(38)16-26(20-7-9-23(31)10-8-20)35-30(39)21-5-3-19(4-6-21)22-15-24(40-2)18-37(17-22)27-12-11-25-29(36-27)34-14-13-33-25/h3-14,22,24,26H,15-18H2,1-2H3,(H,32,38)(H,35,39). The van der Waals surface area contributed by atoms with Gasteiger partial charge in [-0.25, -0.2) is 9.97 Å². The first-order valence-electron chi connectivity index (χ1n) is 13.2. The molecule has 1 aliphatic heterocycles. The third-order valence-corrected chi connectivity index (χ3v) is 7.53. The quantitative estimate of drug-likeness (QED) is 0.332. The Balaban J connectivity index is 1.31. The van der Waals surface area contributed by atoms with Crippen molar-refractivity contribution in [1.82, 2.24) is 25.6 Å². The summed E-state index contributed by atoms with van der Waals surface area (Å²) in [6, 6.07) is 18.2. The maximum absolute atomic E-state index is 13.2. The monoisotopic (exact) mass is 558 g/mol. The average molecular weight is 559 g/mol. The van der Waals surface area contributed by atoms with Gasteiger partial charge in [0.15, 0.2) is 5.65 Å². The van der Waals surface area contributed by atoms with Gasteiger partial charge in [-0.05, 0) is 53.9 Å². The minimum atomic E-state index is -0.488. The zero-order valence-electron chi connectivity index (χ0n) is 22.4. The Morgan fingerprint density at radius 3 is 2.50 bits per heavy atom. The summed E-state index contributed by atoms with van der Waals surface area (Å²) in [6.45, 7) is 1.48. The van der Waals surface area contributed by atoms with Crippen LogP contribution in [-0.4, -0.2) is 60.1 Å². The van der Waals surface area contributed by atoms with Crippen LogP contribution < -0.4 is 15.5 Å². The number of rotatable bonds is 8. The second kappa shape index (κ2) is 12.4. The molecular formula is C30H31ClN6O3. The first kappa shape index (κ1) is 27.5. The Labute approximate surface area is 237 Å². The molecule has 2 amide bonds. The van der Waals surface area contributed by atoms with Crippen molar-refractivity contribution in [3.05, 3.63) is 94.8 Å². The highest BCUT2D eigenvalue weighted by atomic mass is 35.5. The van der Waals surface area contributed by atoms with E-state index in [1.807, 2.05) is 48.5 Å². The number of halogens is 1. The fraction of sp³-hybridized carbons (Fsp3) is 0.300. The van der Waals surface area contributed by atoms with Gasteiger partial charge >= 0.3 is 0 Å². The van der Waals surface area contributed by atoms with Gasteiger partial charge in [-0.2, -0.15) is 0 Å². The number of pyridine rings is 1. The van der Waals surface area contributed by atoms with E-state index < -0.39 is 6.04 Å². The van der Waals surface area contributed by atoms with Crippen LogP contribution in [0.25, 0.3) is 11.2 Å². The zero-order chi connectivity index (χ0) is 28.1. The first-order valence-corrected chi connectivity index (χ1v) is 13.5. The third-order valence-electron chi connectivity index (χ3n) is 7.28. The molecule has 2 N–H and O–H groups in total. The molecule has 2 aromatic carbocycles. The highest BCUT2D eigenvalue weighted by Gasteiger charge is 2.29. The van der Waals surface area contributed by atoms with E-state index in [1.54, 1.807) is 38.7 Å². The molecule has 1 fully saturated rings. The first-order chi connectivity index (χ1) is 19.4. The van der Waals surface area contributed by atoms with Crippen LogP contribution in [0.1, 0.15) is 46.3 Å². The summed E-state index contributed by atoms with van der Waals surface area (Å²) in [5.41, 5.74) is 3.80. The lowest BCUT2D eigenvalue weighted by Gasteiger charge is -2.38. The van der Waals surface area contributed by atoms with Crippen LogP contribution in [0.15, 0.2) is 73.1 Å². The van der Waals surface area contributed by atoms with E-state index in [2.05, 4.69) is 25.5 Å². The number of fused-ring (bicyclic) bond motifs is 1. The summed E-state index contributed by atoms with van der Waals surface area (Å²) in [7, 11) is 3.31. The molecule has 40 heavy (non-hydrogen) atoms. The minimum absolute atomic E-state index is 0.0333. The molecule has 3 atom stereocenters. The van der Waals surface area contributed by atoms with E-state index in [9.17, 15) is 9.59 Å². The molecule has 0 saturated carbocycles. The lowest BCUT2D eigenvalue weighted by molar-refractivity contribution is -0.121. The van der Waals surface area contributed by atoms with Crippen molar-refractivity contribution in [1.29, 1.82) is 0 Å². The summed E-state index contributed by atoms with van der Waals surface area (Å²) in [6.07, 6.45) is 4.31. The van der Waals surface area contributed by atoms with Crippen LogP contribution in [0, 0.1) is 0 Å². The molecule has 0 aliphatic carbocycles. The van der Waals surface area contributed by atoms with E-state index in [1.165, 1.54) is 0 Å². The molecule has 4 aromatic rings. The molecule has 5 rings (SSSR count). The van der Waals surface area contributed by atoms with Crippen molar-refractivity contribution >= 4 is 40.4 Å². The van der Waals surface area contributed by atoms with Gasteiger partial charge in [-0.15, -0.1) is 0 Å². The number of methoxy groups -OCH3 is 1. The fourth-order valence-electron chi connectivity index (χ4n) is 5.06. The third kappa shape index (κ3) is 6.38. The summed E-state index contributed by atoms with van der Waals surface area (Å²) < 4.78 is 5.78. The minimum Gasteiger partial charge on any atom is -0.380 e. The molecule has 206 valence electrons. The van der Waals surface area contributed by atoms with Gasteiger partial charge in [0, 0.05) is 56.1 Å². The Morgan fingerprint density at radius 2 is 1.77 bits per heavy atom. The molecule has 0 bridgehead atoms. The highest BCUT2D eigenvalue weighted by molar-refractivity contribution is 6.30. The number of carbonyl (C=O) groups excluding carboxylic acids is 2. The van der Waals surface area contributed by atoms with E-state index in [-0.39, 0.29) is 30.3 Å². The molecule has 1 aliphatic rings. The number of ether oxygens (including phenoxy) is 1. The number of aromatic nitrogens is 3. The molecule has 0 radical (unpaired) electrons. The molecular weight excluding hydrogens is 528 g/mol. The number of carbonyl (C=O) groups is 2. The van der Waals surface area contributed by atoms with Gasteiger partial charge in [-0.1, -0.05) is 35.9 Å². The topological polar surface area (TPSA) is 109 Å². The molecule has 0 spiro atoms. The van der Waals surface area contributed by atoms with Crippen molar-refractivity contribution in [2.75, 3.05) is 32.1 Å². The van der Waals surface area contributed by atoms with E-state index in [4.69, 9.17) is 21.3 Å². The normalized spacial score (nSPS) is 17.8. The maximum Gasteiger partial charge on any atom is 0.251 e. The molecule has 3 heterocycles. The zero-order valence-corrected chi connectivity index (χ0v) is 23.1. The molecule has 2 aromatic heterocycles. The number of piperidine rings is 1. The predicted octanol–water partition coefficient (Wildman–Crippen LogP) is 4.29. The van der Waals surface area contributed by atoms with Crippen LogP contribution in [-0.2, 0) is 9.53 Å². The molecule has 9 nitrogen and oxygen atoms in total. The fourth-order valence-corrected chi connectivity index (χ4v) is 5.18. The number of anilines is 1.